The van der Waals surface area contributed by atoms with Crippen LogP contribution in [0.2, 0.25) is 0 Å². The van der Waals surface area contributed by atoms with Crippen LogP contribution in [0.25, 0.3) is 88.2 Å². The van der Waals surface area contributed by atoms with Crippen molar-refractivity contribution < 1.29 is 4.42 Å². The Morgan fingerprint density at radius 2 is 1.04 bits per heavy atom. The molecule has 8 aromatic carbocycles. The van der Waals surface area contributed by atoms with Crippen LogP contribution in [0, 0.1) is 0 Å². The number of furan rings is 1. The maximum atomic E-state index is 6.51. The third kappa shape index (κ3) is 3.82. The van der Waals surface area contributed by atoms with Crippen LogP contribution in [-0.4, -0.2) is 0 Å². The zero-order valence-electron chi connectivity index (χ0n) is 26.8. The van der Waals surface area contributed by atoms with E-state index in [4.69, 9.17) is 4.42 Å². The molecule has 0 spiro atoms. The van der Waals surface area contributed by atoms with Gasteiger partial charge in [-0.15, -0.1) is 0 Å². The number of hydrogen-bond acceptors (Lipinski definition) is 1. The first-order valence-electron chi connectivity index (χ1n) is 17.2. The predicted molar refractivity (Wildman–Crippen MR) is 207 cm³/mol. The highest BCUT2D eigenvalue weighted by Gasteiger charge is 2.26. The Labute approximate surface area is 284 Å². The van der Waals surface area contributed by atoms with Crippen LogP contribution in [0.4, 0.5) is 0 Å². The van der Waals surface area contributed by atoms with Gasteiger partial charge in [0, 0.05) is 16.2 Å². The summed E-state index contributed by atoms with van der Waals surface area (Å²) in [5.41, 5.74) is 15.4. The van der Waals surface area contributed by atoms with Crippen molar-refractivity contribution in [2.75, 3.05) is 0 Å². The van der Waals surface area contributed by atoms with E-state index in [2.05, 4.69) is 158 Å². The monoisotopic (exact) mass is 622 g/mol. The molecule has 49 heavy (non-hydrogen) atoms. The van der Waals surface area contributed by atoms with E-state index in [1.54, 1.807) is 0 Å². The second-order valence-corrected chi connectivity index (χ2v) is 13.5. The molecule has 0 saturated carbocycles. The summed E-state index contributed by atoms with van der Waals surface area (Å²) >= 11 is 0. The Morgan fingerprint density at radius 1 is 0.449 bits per heavy atom. The third-order valence-electron chi connectivity index (χ3n) is 11.0. The van der Waals surface area contributed by atoms with E-state index in [0.717, 1.165) is 40.2 Å². The topological polar surface area (TPSA) is 13.1 Å². The lowest BCUT2D eigenvalue weighted by Gasteiger charge is -2.28. The van der Waals surface area contributed by atoms with E-state index >= 15 is 0 Å². The lowest BCUT2D eigenvalue weighted by atomic mass is 9.76. The fourth-order valence-electron chi connectivity index (χ4n) is 8.80. The predicted octanol–water partition coefficient (Wildman–Crippen LogP) is 13.0. The normalized spacial score (nSPS) is 13.8. The lowest BCUT2D eigenvalue weighted by Crippen LogP contribution is -2.10. The maximum Gasteiger partial charge on any atom is 0.143 e. The molecule has 0 aliphatic heterocycles. The molecule has 2 aliphatic rings. The van der Waals surface area contributed by atoms with Crippen molar-refractivity contribution in [2.45, 2.75) is 12.8 Å². The van der Waals surface area contributed by atoms with Crippen LogP contribution in [0.1, 0.15) is 22.3 Å². The molecule has 0 radical (unpaired) electrons. The molecule has 1 nitrogen and oxygen atoms in total. The Hall–Kier alpha value is -6.18. The van der Waals surface area contributed by atoms with Crippen LogP contribution in [0.3, 0.4) is 0 Å². The van der Waals surface area contributed by atoms with Crippen LogP contribution in [-0.2, 0) is 12.8 Å². The van der Waals surface area contributed by atoms with Gasteiger partial charge < -0.3 is 4.42 Å². The van der Waals surface area contributed by atoms with Crippen LogP contribution in [0.15, 0.2) is 162 Å². The molecule has 0 amide bonds. The van der Waals surface area contributed by atoms with Gasteiger partial charge in [0.1, 0.15) is 11.2 Å². The van der Waals surface area contributed by atoms with Crippen molar-refractivity contribution >= 4 is 65.9 Å². The van der Waals surface area contributed by atoms with Gasteiger partial charge in [-0.2, -0.15) is 0 Å². The Morgan fingerprint density at radius 3 is 1.80 bits per heavy atom. The van der Waals surface area contributed by atoms with Gasteiger partial charge in [0.15, 0.2) is 0 Å². The number of hydrogen-bond donors (Lipinski definition) is 0. The van der Waals surface area contributed by atoms with Gasteiger partial charge in [-0.25, -0.2) is 0 Å². The summed E-state index contributed by atoms with van der Waals surface area (Å²) in [6.07, 6.45) is 6.81. The molecule has 11 rings (SSSR count). The minimum absolute atomic E-state index is 0.924. The summed E-state index contributed by atoms with van der Waals surface area (Å²) in [6, 6.07) is 53.4. The number of rotatable bonds is 2. The summed E-state index contributed by atoms with van der Waals surface area (Å²) in [6.45, 7) is 0. The van der Waals surface area contributed by atoms with E-state index in [1.165, 1.54) is 82.6 Å². The van der Waals surface area contributed by atoms with Gasteiger partial charge in [-0.3, -0.25) is 0 Å². The third-order valence-corrected chi connectivity index (χ3v) is 11.0. The molecule has 1 heterocycles. The van der Waals surface area contributed by atoms with Gasteiger partial charge in [-0.1, -0.05) is 140 Å². The van der Waals surface area contributed by atoms with Crippen molar-refractivity contribution in [3.8, 4) is 22.3 Å². The van der Waals surface area contributed by atoms with E-state index in [-0.39, 0.29) is 0 Å². The lowest BCUT2D eigenvalue weighted by molar-refractivity contribution is 0.672. The van der Waals surface area contributed by atoms with Crippen molar-refractivity contribution in [3.05, 3.63) is 179 Å². The van der Waals surface area contributed by atoms with Gasteiger partial charge in [-0.05, 0) is 114 Å². The largest absolute Gasteiger partial charge is 0.455 e. The van der Waals surface area contributed by atoms with Gasteiger partial charge in [0.2, 0.25) is 0 Å². The SMILES string of the molecule is C1=C2Cc3ccccc3C=C2c2cccc(-c3c4ccccc4c(-c4cc5c6ccccc6oc5c5ccccc45)c4ccccc34)c2C1. The number of fused-ring (bicyclic) bond motifs is 11. The molecule has 1 aromatic heterocycles. The minimum atomic E-state index is 0.924. The fourth-order valence-corrected chi connectivity index (χ4v) is 8.80. The highest BCUT2D eigenvalue weighted by Crippen LogP contribution is 2.50. The molecular formula is C48H30O. The van der Waals surface area contributed by atoms with Gasteiger partial charge in [0.25, 0.3) is 0 Å². The van der Waals surface area contributed by atoms with Crippen molar-refractivity contribution in [3.63, 3.8) is 0 Å². The van der Waals surface area contributed by atoms with E-state index in [9.17, 15) is 0 Å². The van der Waals surface area contributed by atoms with Crippen LogP contribution >= 0.6 is 0 Å². The smallest absolute Gasteiger partial charge is 0.143 e. The zero-order chi connectivity index (χ0) is 32.1. The quantitative estimate of drug-likeness (QED) is 0.175. The molecule has 0 saturated heterocycles. The summed E-state index contributed by atoms with van der Waals surface area (Å²) in [5, 5.41) is 9.75. The first-order valence-corrected chi connectivity index (χ1v) is 17.2. The first kappa shape index (κ1) is 26.8. The molecule has 0 N–H and O–H groups in total. The molecule has 0 fully saturated rings. The van der Waals surface area contributed by atoms with Crippen molar-refractivity contribution in [1.82, 2.24) is 0 Å². The fraction of sp³-hybridized carbons (Fsp3) is 0.0417. The number of benzene rings is 8. The average Bonchev–Trinajstić information content (AvgIpc) is 3.54. The standard InChI is InChI=1S/C48H30O/c1-2-13-30-27-42-31(26-29(30)12-1)24-25-34-32(42)21-11-22-36(34)46-37-16-4-6-18-39(37)47(40-19-7-5-17-38(40)46)43-28-44-35-15-9-10-23-45(35)49-48(44)41-20-8-3-14-33(41)43/h1-24,27-28H,25-26H2. The average molecular weight is 623 g/mol. The van der Waals surface area contributed by atoms with E-state index in [1.807, 2.05) is 0 Å². The minimum Gasteiger partial charge on any atom is -0.455 e. The second kappa shape index (κ2) is 10.2. The Balaban J connectivity index is 1.23. The molecule has 0 unspecified atom stereocenters. The highest BCUT2D eigenvalue weighted by molar-refractivity contribution is 6.27. The summed E-state index contributed by atoms with van der Waals surface area (Å²) in [7, 11) is 0. The van der Waals surface area contributed by atoms with Gasteiger partial charge >= 0.3 is 0 Å². The van der Waals surface area contributed by atoms with Crippen LogP contribution < -0.4 is 0 Å². The molecular weight excluding hydrogens is 593 g/mol. The summed E-state index contributed by atoms with van der Waals surface area (Å²) in [4.78, 5) is 0. The Bertz CT molecular complexity index is 2870. The molecule has 1 heteroatoms. The van der Waals surface area contributed by atoms with Crippen LogP contribution in [0.5, 0.6) is 0 Å². The zero-order valence-corrected chi connectivity index (χ0v) is 26.8. The molecule has 0 atom stereocenters. The second-order valence-electron chi connectivity index (χ2n) is 13.5. The van der Waals surface area contributed by atoms with Crippen molar-refractivity contribution in [2.24, 2.45) is 0 Å². The molecule has 0 bridgehead atoms. The first-order chi connectivity index (χ1) is 24.3. The number of allylic oxidation sites excluding steroid dienone is 3. The van der Waals surface area contributed by atoms with Crippen molar-refractivity contribution in [1.29, 1.82) is 0 Å². The summed E-state index contributed by atoms with van der Waals surface area (Å²) < 4.78 is 6.51. The maximum absolute atomic E-state index is 6.51. The molecule has 228 valence electrons. The highest BCUT2D eigenvalue weighted by atomic mass is 16.3. The number of para-hydroxylation sites is 1. The summed E-state index contributed by atoms with van der Waals surface area (Å²) in [5.74, 6) is 0. The van der Waals surface area contributed by atoms with Gasteiger partial charge in [0.05, 0.1) is 0 Å². The molecule has 2 aliphatic carbocycles. The van der Waals surface area contributed by atoms with E-state index in [0.29, 0.717) is 0 Å². The van der Waals surface area contributed by atoms with E-state index < -0.39 is 0 Å². The Kier molecular flexibility index (Phi) is 5.57. The molecule has 9 aromatic rings.